The summed E-state index contributed by atoms with van der Waals surface area (Å²) in [5.74, 6) is -1.25. The van der Waals surface area contributed by atoms with Crippen molar-refractivity contribution in [2.24, 2.45) is 0 Å². The summed E-state index contributed by atoms with van der Waals surface area (Å²) in [5, 5.41) is 11.9. The molecule has 0 radical (unpaired) electrons. The number of nitrogens with one attached hydrogen (secondary N) is 1. The number of carboxylic acids is 1. The molecule has 0 aliphatic heterocycles. The molecule has 1 fully saturated rings. The fraction of sp³-hybridized carbons (Fsp3) is 0.542. The molecule has 1 heterocycles. The first kappa shape index (κ1) is 26.5. The van der Waals surface area contributed by atoms with E-state index >= 15 is 0 Å². The lowest BCUT2D eigenvalue weighted by Gasteiger charge is -2.35. The topological polar surface area (TPSA) is 131 Å². The van der Waals surface area contributed by atoms with Crippen LogP contribution in [0.2, 0.25) is 0 Å². The number of hydrogen-bond donors (Lipinski definition) is 2. The molecule has 0 bridgehead atoms. The number of alkyl carbamates (subject to hydrolysis) is 1. The van der Waals surface area contributed by atoms with Crippen molar-refractivity contribution >= 4 is 22.1 Å². The summed E-state index contributed by atoms with van der Waals surface area (Å²) in [6.45, 7) is 6.93. The van der Waals surface area contributed by atoms with Gasteiger partial charge in [-0.2, -0.15) is 12.8 Å². The van der Waals surface area contributed by atoms with Crippen LogP contribution >= 0.6 is 0 Å². The van der Waals surface area contributed by atoms with E-state index in [0.29, 0.717) is 5.69 Å². The molecule has 2 aromatic rings. The van der Waals surface area contributed by atoms with Gasteiger partial charge in [0.1, 0.15) is 18.0 Å². The van der Waals surface area contributed by atoms with E-state index in [9.17, 15) is 23.1 Å². The summed E-state index contributed by atoms with van der Waals surface area (Å²) in [4.78, 5) is 28.3. The lowest BCUT2D eigenvalue weighted by Crippen LogP contribution is -2.48. The minimum atomic E-state index is -3.89. The molecule has 1 aliphatic rings. The van der Waals surface area contributed by atoms with Gasteiger partial charge in [0, 0.05) is 6.42 Å². The van der Waals surface area contributed by atoms with Crippen molar-refractivity contribution in [3.8, 4) is 0 Å². The van der Waals surface area contributed by atoms with Crippen molar-refractivity contribution in [3.63, 3.8) is 0 Å². The van der Waals surface area contributed by atoms with Gasteiger partial charge >= 0.3 is 12.1 Å². The van der Waals surface area contributed by atoms with E-state index in [1.807, 2.05) is 6.92 Å². The van der Waals surface area contributed by atoms with Crippen molar-refractivity contribution in [1.29, 1.82) is 0 Å². The second kappa shape index (κ2) is 10.7. The Morgan fingerprint density at radius 2 is 1.83 bits per heavy atom. The highest BCUT2D eigenvalue weighted by Gasteiger charge is 2.33. The van der Waals surface area contributed by atoms with Crippen LogP contribution in [0.5, 0.6) is 0 Å². The number of ether oxygens (including phenoxy) is 1. The quantitative estimate of drug-likeness (QED) is 0.561. The largest absolute Gasteiger partial charge is 0.480 e. The fourth-order valence-corrected chi connectivity index (χ4v) is 5.69. The number of aromatic nitrogens is 2. The van der Waals surface area contributed by atoms with Gasteiger partial charge in [-0.15, -0.1) is 0 Å². The lowest BCUT2D eigenvalue weighted by molar-refractivity contribution is -0.139. The van der Waals surface area contributed by atoms with Crippen LogP contribution in [0.25, 0.3) is 0 Å². The number of aliphatic carboxylic acids is 1. The number of carbonyl (C=O) groups is 2. The molecule has 11 heteroatoms. The summed E-state index contributed by atoms with van der Waals surface area (Å²) in [5.41, 5.74) is 0.503. The minimum absolute atomic E-state index is 0.134. The van der Waals surface area contributed by atoms with E-state index in [2.05, 4.69) is 10.3 Å². The predicted octanol–water partition coefficient (Wildman–Crippen LogP) is 3.37. The molecule has 0 unspecified atom stereocenters. The van der Waals surface area contributed by atoms with Crippen molar-refractivity contribution in [1.82, 2.24) is 15.0 Å². The average Bonchev–Trinajstić information content (AvgIpc) is 3.20. The highest BCUT2D eigenvalue weighted by Crippen LogP contribution is 2.27. The van der Waals surface area contributed by atoms with Gasteiger partial charge in [0.25, 0.3) is 10.0 Å². The number of carboxylic acid groups (broad SMARTS) is 1. The van der Waals surface area contributed by atoms with Crippen molar-refractivity contribution < 1.29 is 27.9 Å². The van der Waals surface area contributed by atoms with E-state index in [1.165, 1.54) is 21.6 Å². The number of benzene rings is 1. The highest BCUT2D eigenvalue weighted by molar-refractivity contribution is 7.92. The summed E-state index contributed by atoms with van der Waals surface area (Å²) in [6.07, 6.45) is 6.24. The van der Waals surface area contributed by atoms with Crippen LogP contribution in [0.3, 0.4) is 0 Å². The van der Waals surface area contributed by atoms with E-state index in [4.69, 9.17) is 4.74 Å². The van der Waals surface area contributed by atoms with Crippen molar-refractivity contribution in [3.05, 3.63) is 48.0 Å². The maximum absolute atomic E-state index is 13.7. The Labute approximate surface area is 206 Å². The zero-order valence-electron chi connectivity index (χ0n) is 20.6. The molecular formula is C24H34N4O6S. The summed E-state index contributed by atoms with van der Waals surface area (Å²) in [6, 6.07) is 5.15. The number of sulfonamides is 1. The van der Waals surface area contributed by atoms with E-state index in [0.717, 1.165) is 37.7 Å². The van der Waals surface area contributed by atoms with Crippen molar-refractivity contribution in [2.45, 2.75) is 88.8 Å². The summed E-state index contributed by atoms with van der Waals surface area (Å²) >= 11 is 0. The number of amides is 1. The number of carbonyl (C=O) groups excluding carboxylic acids is 1. The number of aryl methyl sites for hydroxylation is 1. The van der Waals surface area contributed by atoms with Crippen LogP contribution in [0.15, 0.2) is 41.7 Å². The van der Waals surface area contributed by atoms with Gasteiger partial charge in [0.2, 0.25) is 0 Å². The van der Waals surface area contributed by atoms with Crippen LogP contribution in [-0.4, -0.2) is 52.9 Å². The van der Waals surface area contributed by atoms with Crippen LogP contribution in [0.4, 0.5) is 4.79 Å². The Morgan fingerprint density at radius 1 is 1.20 bits per heavy atom. The smallest absolute Gasteiger partial charge is 0.408 e. The number of rotatable bonds is 8. The van der Waals surface area contributed by atoms with Crippen LogP contribution < -0.4 is 9.73 Å². The van der Waals surface area contributed by atoms with E-state index < -0.39 is 33.7 Å². The van der Waals surface area contributed by atoms with Gasteiger partial charge in [0.05, 0.1) is 22.8 Å². The molecule has 1 aromatic carbocycles. The molecule has 1 aromatic heterocycles. The van der Waals surface area contributed by atoms with E-state index in [-0.39, 0.29) is 17.4 Å². The first-order valence-electron chi connectivity index (χ1n) is 11.7. The maximum Gasteiger partial charge on any atom is 0.408 e. The zero-order chi connectivity index (χ0) is 25.8. The molecule has 0 saturated heterocycles. The van der Waals surface area contributed by atoms with Crippen molar-refractivity contribution in [2.75, 3.05) is 4.41 Å². The third kappa shape index (κ3) is 6.97. The minimum Gasteiger partial charge on any atom is -0.480 e. The van der Waals surface area contributed by atoms with Gasteiger partial charge in [-0.25, -0.2) is 19.2 Å². The normalized spacial score (nSPS) is 15.9. The molecule has 1 amide bonds. The molecule has 3 rings (SSSR count). The predicted molar refractivity (Wildman–Crippen MR) is 130 cm³/mol. The Hall–Kier alpha value is -3.08. The van der Waals surface area contributed by atoms with Gasteiger partial charge in [-0.3, -0.25) is 0 Å². The van der Waals surface area contributed by atoms with Gasteiger partial charge in [-0.05, 0) is 52.7 Å². The summed E-state index contributed by atoms with van der Waals surface area (Å²) in [7, 11) is -3.89. The van der Waals surface area contributed by atoms with Gasteiger partial charge in [-0.1, -0.05) is 37.0 Å². The SMILES string of the molecule is Cc1ccc(S(=O)(=O)N(C2CCCCC2)n2cnc(C[C@H](NC(=O)OC(C)(C)C)C(=O)O)c2)cc1. The first-order valence-corrected chi connectivity index (χ1v) is 13.2. The highest BCUT2D eigenvalue weighted by atomic mass is 32.2. The van der Waals surface area contributed by atoms with Crippen LogP contribution in [0.1, 0.15) is 64.1 Å². The lowest BCUT2D eigenvalue weighted by atomic mass is 9.96. The van der Waals surface area contributed by atoms with Gasteiger partial charge < -0.3 is 15.2 Å². The Kier molecular flexibility index (Phi) is 8.09. The number of nitrogens with zero attached hydrogens (tertiary/aromatic N) is 3. The zero-order valence-corrected chi connectivity index (χ0v) is 21.4. The monoisotopic (exact) mass is 506 g/mol. The van der Waals surface area contributed by atoms with Gasteiger partial charge in [0.15, 0.2) is 0 Å². The molecule has 2 N–H and O–H groups in total. The standard InChI is InChI=1S/C24H34N4O6S/c1-17-10-12-20(13-11-17)35(32,33)28(19-8-6-5-7-9-19)27-15-18(25-16-27)14-21(22(29)30)26-23(31)34-24(2,3)4/h10-13,15-16,19,21H,5-9,14H2,1-4H3,(H,26,31)(H,29,30)/t21-/m0/s1. The Bertz CT molecular complexity index is 1130. The van der Waals surface area contributed by atoms with Crippen LogP contribution in [-0.2, 0) is 26.0 Å². The Morgan fingerprint density at radius 3 is 2.40 bits per heavy atom. The average molecular weight is 507 g/mol. The molecule has 192 valence electrons. The number of hydrogen-bond acceptors (Lipinski definition) is 6. The second-order valence-electron chi connectivity index (χ2n) is 9.87. The first-order chi connectivity index (χ1) is 16.4. The van der Waals surface area contributed by atoms with E-state index in [1.54, 1.807) is 45.0 Å². The second-order valence-corrected chi connectivity index (χ2v) is 11.7. The fourth-order valence-electron chi connectivity index (χ4n) is 4.05. The Balaban J connectivity index is 1.87. The van der Waals surface area contributed by atoms with Crippen LogP contribution in [0, 0.1) is 6.92 Å². The molecule has 0 spiro atoms. The summed E-state index contributed by atoms with van der Waals surface area (Å²) < 4.78 is 35.3. The molecule has 10 nitrogen and oxygen atoms in total. The molecule has 35 heavy (non-hydrogen) atoms. The number of imidazole rings is 1. The maximum atomic E-state index is 13.7. The third-order valence-electron chi connectivity index (χ3n) is 5.71. The third-order valence-corrected chi connectivity index (χ3v) is 7.55. The molecule has 1 atom stereocenters. The molecule has 1 aliphatic carbocycles. The molecular weight excluding hydrogens is 472 g/mol. The molecule has 1 saturated carbocycles.